The van der Waals surface area contributed by atoms with Gasteiger partial charge < -0.3 is 41.2 Å². The third-order valence-corrected chi connectivity index (χ3v) is 7.98. The van der Waals surface area contributed by atoms with Crippen molar-refractivity contribution < 1.29 is 75.6 Å². The number of quaternary nitrogens is 1. The van der Waals surface area contributed by atoms with Crippen molar-refractivity contribution in [2.75, 3.05) is 27.2 Å². The number of nitrogens with zero attached hydrogens (tertiary/aromatic N) is 1. The van der Waals surface area contributed by atoms with Gasteiger partial charge in [-0.05, 0) is 31.2 Å². The van der Waals surface area contributed by atoms with Gasteiger partial charge in [0, 0.05) is 18.3 Å². The molecule has 218 valence electrons. The molecule has 0 bridgehead atoms. The van der Waals surface area contributed by atoms with Crippen LogP contribution in [0.1, 0.15) is 109 Å². The number of halogens is 1. The summed E-state index contributed by atoms with van der Waals surface area (Å²) in [7, 11) is 4.29. The first-order chi connectivity index (χ1) is 17.7. The Morgan fingerprint density at radius 3 is 1.97 bits per heavy atom. The number of benzene rings is 1. The standard InChI is InChI=1S/C19H28NO3.C12H24O2.BrH.Na/c1-20(2)13-12-17(14-20)23-18(21)19(22,16-10-6-7-11-16)15-8-4-3-5-9-15;1-2-3-4-5-6-7-8-9-10-11-12(13)14;;/h3-5,8-9,16-17,22H,6-7,10-14H2,1-2H3;2-11H2,1H3,(H,13,14);1H;/q+1;;;+1/p-2. The second-order valence-corrected chi connectivity index (χ2v) is 11.7. The number of carboxylic acid groups (broad SMARTS) is 1. The molecule has 0 spiro atoms. The molecular weight excluding hydrogens is 569 g/mol. The smallest absolute Gasteiger partial charge is 1.00 e. The van der Waals surface area contributed by atoms with E-state index in [1.165, 1.54) is 44.9 Å². The molecule has 2 aliphatic rings. The van der Waals surface area contributed by atoms with Gasteiger partial charge in [0.25, 0.3) is 0 Å². The molecule has 0 amide bonds. The number of rotatable bonds is 14. The summed E-state index contributed by atoms with van der Waals surface area (Å²) in [5, 5.41) is 21.5. The molecule has 39 heavy (non-hydrogen) atoms. The van der Waals surface area contributed by atoms with Gasteiger partial charge in [-0.25, -0.2) is 4.79 Å². The number of esters is 1. The van der Waals surface area contributed by atoms with Crippen LogP contribution in [0, 0.1) is 5.92 Å². The molecule has 0 aromatic heterocycles. The van der Waals surface area contributed by atoms with Gasteiger partial charge in [0.2, 0.25) is 0 Å². The molecule has 1 aromatic carbocycles. The summed E-state index contributed by atoms with van der Waals surface area (Å²) in [4.78, 5) is 23.0. The predicted molar refractivity (Wildman–Crippen MR) is 145 cm³/mol. The average Bonchev–Trinajstić information content (AvgIpc) is 3.53. The Labute approximate surface area is 269 Å². The molecule has 1 saturated carbocycles. The van der Waals surface area contributed by atoms with Crippen molar-refractivity contribution in [2.45, 2.75) is 115 Å². The summed E-state index contributed by atoms with van der Waals surface area (Å²) in [6, 6.07) is 9.33. The fourth-order valence-corrected chi connectivity index (χ4v) is 5.70. The minimum atomic E-state index is -1.50. The largest absolute Gasteiger partial charge is 1.00 e. The van der Waals surface area contributed by atoms with Crippen molar-refractivity contribution in [3.05, 3.63) is 35.9 Å². The molecule has 3 rings (SSSR count). The Morgan fingerprint density at radius 1 is 0.949 bits per heavy atom. The summed E-state index contributed by atoms with van der Waals surface area (Å²) in [6.45, 7) is 4.05. The number of likely N-dealkylation sites (tertiary alicyclic amines) is 1. The maximum atomic E-state index is 12.9. The van der Waals surface area contributed by atoms with E-state index < -0.39 is 17.5 Å². The number of carbonyl (C=O) groups excluding carboxylic acids is 2. The van der Waals surface area contributed by atoms with Crippen LogP contribution in [-0.4, -0.2) is 54.8 Å². The minimum Gasteiger partial charge on any atom is -1.00 e. The van der Waals surface area contributed by atoms with Crippen LogP contribution < -0.4 is 51.6 Å². The predicted octanol–water partition coefficient (Wildman–Crippen LogP) is -0.878. The summed E-state index contributed by atoms with van der Waals surface area (Å²) in [5.41, 5.74) is -0.832. The molecule has 2 unspecified atom stereocenters. The number of likely N-dealkylation sites (N-methyl/N-ethyl adjacent to an activating group) is 1. The Morgan fingerprint density at radius 2 is 1.49 bits per heavy atom. The van der Waals surface area contributed by atoms with Crippen LogP contribution >= 0.6 is 0 Å². The van der Waals surface area contributed by atoms with E-state index in [0.29, 0.717) is 5.56 Å². The maximum absolute atomic E-state index is 12.9. The van der Waals surface area contributed by atoms with E-state index in [4.69, 9.17) is 4.74 Å². The second-order valence-electron chi connectivity index (χ2n) is 11.7. The first-order valence-corrected chi connectivity index (χ1v) is 14.7. The number of aliphatic carboxylic acids is 1. The molecular formula is C31H51BrNNaO5. The number of carboxylic acids is 1. The van der Waals surface area contributed by atoms with Crippen molar-refractivity contribution in [3.8, 4) is 0 Å². The van der Waals surface area contributed by atoms with E-state index in [0.717, 1.165) is 62.5 Å². The zero-order chi connectivity index (χ0) is 27.2. The van der Waals surface area contributed by atoms with Crippen LogP contribution in [0.4, 0.5) is 0 Å². The Balaban J connectivity index is 0.000000791. The van der Waals surface area contributed by atoms with Gasteiger partial charge in [-0.15, -0.1) is 0 Å². The van der Waals surface area contributed by atoms with Gasteiger partial charge in [0.15, 0.2) is 11.7 Å². The molecule has 1 N–H and O–H groups in total. The molecule has 1 aromatic rings. The Hall–Kier alpha value is -0.440. The SMILES string of the molecule is CCCCCCCCCCCC(=O)[O-].C[N+]1(C)CCC(OC(=O)C(O)(c2ccccc2)C2CCCC2)C1.[Br-].[Na+]. The van der Waals surface area contributed by atoms with Gasteiger partial charge in [0.1, 0.15) is 6.54 Å². The van der Waals surface area contributed by atoms with Gasteiger partial charge in [-0.3, -0.25) is 0 Å². The topological polar surface area (TPSA) is 86.7 Å². The molecule has 1 heterocycles. The molecule has 1 aliphatic carbocycles. The molecule has 0 radical (unpaired) electrons. The summed E-state index contributed by atoms with van der Waals surface area (Å²) < 4.78 is 6.64. The van der Waals surface area contributed by atoms with Crippen molar-refractivity contribution in [1.29, 1.82) is 0 Å². The normalized spacial score (nSPS) is 19.5. The minimum absolute atomic E-state index is 0. The number of hydrogen-bond donors (Lipinski definition) is 1. The zero-order valence-corrected chi connectivity index (χ0v) is 28.6. The Kier molecular flexibility index (Phi) is 20.2. The van der Waals surface area contributed by atoms with Crippen LogP contribution in [0.25, 0.3) is 0 Å². The van der Waals surface area contributed by atoms with E-state index in [-0.39, 0.29) is 65.0 Å². The van der Waals surface area contributed by atoms with Crippen LogP contribution in [0.3, 0.4) is 0 Å². The average molecular weight is 621 g/mol. The third-order valence-electron chi connectivity index (χ3n) is 7.98. The number of hydrogen-bond acceptors (Lipinski definition) is 5. The van der Waals surface area contributed by atoms with E-state index in [1.54, 1.807) is 0 Å². The fraction of sp³-hybridized carbons (Fsp3) is 0.742. The monoisotopic (exact) mass is 619 g/mol. The van der Waals surface area contributed by atoms with Crippen LogP contribution in [0.15, 0.2) is 30.3 Å². The van der Waals surface area contributed by atoms with Crippen molar-refractivity contribution in [3.63, 3.8) is 0 Å². The number of unbranched alkanes of at least 4 members (excludes halogenated alkanes) is 8. The van der Waals surface area contributed by atoms with Gasteiger partial charge in [0.05, 0.1) is 20.6 Å². The van der Waals surface area contributed by atoms with Crippen LogP contribution in [-0.2, 0) is 19.9 Å². The summed E-state index contributed by atoms with van der Waals surface area (Å²) in [5.74, 6) is -1.41. The number of aliphatic hydroxyl groups is 1. The van der Waals surface area contributed by atoms with Gasteiger partial charge in [-0.2, -0.15) is 0 Å². The van der Waals surface area contributed by atoms with Crippen LogP contribution in [0.2, 0.25) is 0 Å². The molecule has 2 atom stereocenters. The first-order valence-electron chi connectivity index (χ1n) is 14.7. The summed E-state index contributed by atoms with van der Waals surface area (Å²) in [6.07, 6.45) is 15.8. The maximum Gasteiger partial charge on any atom is 1.00 e. The quantitative estimate of drug-likeness (QED) is 0.127. The van der Waals surface area contributed by atoms with Crippen molar-refractivity contribution >= 4 is 11.9 Å². The Bertz CT molecular complexity index is 803. The van der Waals surface area contributed by atoms with Crippen molar-refractivity contribution in [2.24, 2.45) is 5.92 Å². The van der Waals surface area contributed by atoms with Crippen LogP contribution in [0.5, 0.6) is 0 Å². The van der Waals surface area contributed by atoms with Gasteiger partial charge in [-0.1, -0.05) is 101 Å². The first kappa shape index (κ1) is 38.6. The molecule has 1 saturated heterocycles. The zero-order valence-electron chi connectivity index (χ0n) is 25.0. The van der Waals surface area contributed by atoms with E-state index in [2.05, 4.69) is 21.0 Å². The third kappa shape index (κ3) is 13.8. The van der Waals surface area contributed by atoms with E-state index >= 15 is 0 Å². The molecule has 8 heteroatoms. The fourth-order valence-electron chi connectivity index (χ4n) is 5.70. The van der Waals surface area contributed by atoms with E-state index in [9.17, 15) is 19.8 Å². The summed E-state index contributed by atoms with van der Waals surface area (Å²) >= 11 is 0. The number of carbonyl (C=O) groups is 2. The number of ether oxygens (including phenoxy) is 1. The molecule has 1 aliphatic heterocycles. The molecule has 6 nitrogen and oxygen atoms in total. The van der Waals surface area contributed by atoms with Gasteiger partial charge >= 0.3 is 35.5 Å². The van der Waals surface area contributed by atoms with E-state index in [1.807, 2.05) is 30.3 Å². The molecule has 2 fully saturated rings. The van der Waals surface area contributed by atoms with Crippen molar-refractivity contribution in [1.82, 2.24) is 0 Å². The second kappa shape index (κ2) is 20.4.